The molecule has 2 rings (SSSR count). The number of carbonyl (C=O) groups is 2. The van der Waals surface area contributed by atoms with Crippen molar-refractivity contribution in [1.82, 2.24) is 0 Å². The fraction of sp³-hybridized carbons (Fsp3) is 0.826. The van der Waals surface area contributed by atoms with Crippen molar-refractivity contribution in [2.45, 2.75) is 96.0 Å². The highest BCUT2D eigenvalue weighted by Crippen LogP contribution is 2.77. The number of Topliss-reactive ketones (excluding diaryl/α,β-unsaturated/α-hetero) is 1. The molecule has 6 heteroatoms. The minimum Gasteiger partial charge on any atom is -0.469 e. The van der Waals surface area contributed by atoms with E-state index in [2.05, 4.69) is 11.7 Å². The molecule has 0 aromatic heterocycles. The lowest BCUT2D eigenvalue weighted by atomic mass is 9.79. The molecule has 0 aliphatic heterocycles. The third-order valence-corrected chi connectivity index (χ3v) is 6.93. The van der Waals surface area contributed by atoms with Gasteiger partial charge in [-0.05, 0) is 45.4 Å². The molecule has 2 saturated carbocycles. The van der Waals surface area contributed by atoms with Crippen LogP contribution in [0.25, 0.3) is 0 Å². The lowest BCUT2D eigenvalue weighted by molar-refractivity contribution is -0.140. The van der Waals surface area contributed by atoms with E-state index in [0.29, 0.717) is 38.5 Å². The number of hydrogen-bond donors (Lipinski definition) is 1. The van der Waals surface area contributed by atoms with E-state index in [9.17, 15) is 23.5 Å². The first-order chi connectivity index (χ1) is 13.6. The van der Waals surface area contributed by atoms with Crippen LogP contribution in [0.2, 0.25) is 0 Å². The van der Waals surface area contributed by atoms with Crippen LogP contribution in [0.3, 0.4) is 0 Å². The number of methoxy groups -OCH3 is 1. The van der Waals surface area contributed by atoms with Crippen molar-refractivity contribution in [3.8, 4) is 0 Å². The minimum absolute atomic E-state index is 0.0498. The molecule has 166 valence electrons. The summed E-state index contributed by atoms with van der Waals surface area (Å²) < 4.78 is 33.9. The Morgan fingerprint density at radius 1 is 1.28 bits per heavy atom. The van der Waals surface area contributed by atoms with Crippen molar-refractivity contribution in [1.29, 1.82) is 0 Å². The maximum atomic E-state index is 14.7. The monoisotopic (exact) mass is 414 g/mol. The van der Waals surface area contributed by atoms with Gasteiger partial charge in [0.25, 0.3) is 5.92 Å². The molecule has 0 spiro atoms. The maximum Gasteiger partial charge on any atom is 0.305 e. The number of carbonyl (C=O) groups excluding carboxylic acids is 2. The second-order valence-corrected chi connectivity index (χ2v) is 9.07. The fourth-order valence-corrected chi connectivity index (χ4v) is 5.00. The Kier molecular flexibility index (Phi) is 8.00. The number of ether oxygens (including phenoxy) is 1. The van der Waals surface area contributed by atoms with Gasteiger partial charge in [0.05, 0.1) is 18.1 Å². The van der Waals surface area contributed by atoms with Gasteiger partial charge in [-0.3, -0.25) is 9.59 Å². The normalized spacial score (nSPS) is 29.7. The van der Waals surface area contributed by atoms with Gasteiger partial charge in [0.2, 0.25) is 0 Å². The van der Waals surface area contributed by atoms with E-state index >= 15 is 0 Å². The molecular weight excluding hydrogens is 378 g/mol. The fourth-order valence-electron chi connectivity index (χ4n) is 5.00. The second kappa shape index (κ2) is 9.67. The summed E-state index contributed by atoms with van der Waals surface area (Å²) in [7, 11) is 1.34. The quantitative estimate of drug-likeness (QED) is 0.255. The predicted octanol–water partition coefficient (Wildman–Crippen LogP) is 5.23. The minimum atomic E-state index is -2.82. The third-order valence-electron chi connectivity index (χ3n) is 6.93. The maximum absolute atomic E-state index is 14.7. The van der Waals surface area contributed by atoms with Gasteiger partial charge >= 0.3 is 5.97 Å². The number of alkyl halides is 2. The molecule has 1 unspecified atom stereocenters. The van der Waals surface area contributed by atoms with Gasteiger partial charge in [-0.25, -0.2) is 8.78 Å². The van der Waals surface area contributed by atoms with Gasteiger partial charge in [0.15, 0.2) is 0 Å². The molecule has 2 fully saturated rings. The molecule has 0 aromatic rings. The highest BCUT2D eigenvalue weighted by Gasteiger charge is 2.86. The van der Waals surface area contributed by atoms with E-state index in [4.69, 9.17) is 0 Å². The summed E-state index contributed by atoms with van der Waals surface area (Å²) >= 11 is 0. The van der Waals surface area contributed by atoms with Gasteiger partial charge in [-0.2, -0.15) is 0 Å². The van der Waals surface area contributed by atoms with E-state index in [0.717, 1.165) is 19.3 Å². The van der Waals surface area contributed by atoms with Crippen LogP contribution >= 0.6 is 0 Å². The summed E-state index contributed by atoms with van der Waals surface area (Å²) in [6.45, 7) is 3.81. The number of hydrogen-bond acceptors (Lipinski definition) is 4. The van der Waals surface area contributed by atoms with E-state index < -0.39 is 28.8 Å². The average Bonchev–Trinajstić information content (AvgIpc) is 2.95. The molecule has 2 aliphatic rings. The van der Waals surface area contributed by atoms with Crippen molar-refractivity contribution in [3.63, 3.8) is 0 Å². The van der Waals surface area contributed by atoms with Gasteiger partial charge in [0.1, 0.15) is 5.78 Å². The number of aliphatic hydroxyl groups is 1. The number of esters is 1. The molecule has 0 heterocycles. The average molecular weight is 415 g/mol. The number of allylic oxidation sites excluding steroid dienone is 2. The lowest BCUT2D eigenvalue weighted by Crippen LogP contribution is -2.31. The van der Waals surface area contributed by atoms with E-state index in [1.54, 1.807) is 13.0 Å². The molecule has 29 heavy (non-hydrogen) atoms. The lowest BCUT2D eigenvalue weighted by Gasteiger charge is -2.28. The van der Waals surface area contributed by atoms with E-state index in [-0.39, 0.29) is 24.6 Å². The highest BCUT2D eigenvalue weighted by molar-refractivity contribution is 5.87. The molecule has 0 bridgehead atoms. The summed E-state index contributed by atoms with van der Waals surface area (Å²) in [6, 6.07) is 0. The van der Waals surface area contributed by atoms with E-state index in [1.165, 1.54) is 7.11 Å². The molecular formula is C23H36F2O4. The van der Waals surface area contributed by atoms with Crippen molar-refractivity contribution < 1.29 is 28.2 Å². The van der Waals surface area contributed by atoms with Crippen LogP contribution in [-0.4, -0.2) is 35.5 Å². The number of ketones is 1. The summed E-state index contributed by atoms with van der Waals surface area (Å²) in [4.78, 5) is 23.5. The standard InChI is InChI=1S/C23H36F2O4/c1-4-5-10-13-21(2,28)14-15-22-17(18(26)16-19(22)23(22,24)25)11-8-6-7-9-12-20(27)29-3/h6,8,17,19,28H,4-5,7,9-16H2,1-3H3/b8-6-/t17-,19+,21?,22-/m0/s1. The molecule has 0 amide bonds. The molecule has 2 aliphatic carbocycles. The summed E-state index contributed by atoms with van der Waals surface area (Å²) in [6.07, 6.45) is 9.56. The first-order valence-electron chi connectivity index (χ1n) is 11.0. The highest BCUT2D eigenvalue weighted by atomic mass is 19.3. The first-order valence-corrected chi connectivity index (χ1v) is 11.0. The zero-order valence-electron chi connectivity index (χ0n) is 18.0. The Bertz CT molecular complexity index is 614. The van der Waals surface area contributed by atoms with Crippen molar-refractivity contribution in [3.05, 3.63) is 12.2 Å². The zero-order chi connectivity index (χ0) is 21.7. The van der Waals surface area contributed by atoms with Crippen LogP contribution in [0.5, 0.6) is 0 Å². The summed E-state index contributed by atoms with van der Waals surface area (Å²) in [5, 5.41) is 10.6. The van der Waals surface area contributed by atoms with Gasteiger partial charge in [-0.1, -0.05) is 38.3 Å². The van der Waals surface area contributed by atoms with Crippen molar-refractivity contribution in [2.24, 2.45) is 17.3 Å². The molecule has 4 atom stereocenters. The van der Waals surface area contributed by atoms with Crippen LogP contribution in [0.1, 0.15) is 84.5 Å². The number of halogens is 2. The third kappa shape index (κ3) is 5.25. The smallest absolute Gasteiger partial charge is 0.305 e. The van der Waals surface area contributed by atoms with Crippen molar-refractivity contribution in [2.75, 3.05) is 7.11 Å². The molecule has 0 aromatic carbocycles. The Morgan fingerprint density at radius 3 is 2.66 bits per heavy atom. The van der Waals surface area contributed by atoms with Crippen LogP contribution < -0.4 is 0 Å². The van der Waals surface area contributed by atoms with Gasteiger partial charge < -0.3 is 9.84 Å². The zero-order valence-corrected chi connectivity index (χ0v) is 18.0. The Hall–Kier alpha value is -1.30. The number of unbranched alkanes of at least 4 members (excludes halogenated alkanes) is 3. The second-order valence-electron chi connectivity index (χ2n) is 9.07. The Morgan fingerprint density at radius 2 is 2.00 bits per heavy atom. The van der Waals surface area contributed by atoms with Crippen LogP contribution in [0, 0.1) is 17.3 Å². The molecule has 0 radical (unpaired) electrons. The Balaban J connectivity index is 1.93. The number of fused-ring (bicyclic) bond motifs is 1. The van der Waals surface area contributed by atoms with Crippen molar-refractivity contribution >= 4 is 11.8 Å². The molecule has 0 saturated heterocycles. The van der Waals surface area contributed by atoms with Crippen LogP contribution in [-0.2, 0) is 14.3 Å². The van der Waals surface area contributed by atoms with Gasteiger partial charge in [-0.15, -0.1) is 0 Å². The molecule has 4 nitrogen and oxygen atoms in total. The summed E-state index contributed by atoms with van der Waals surface area (Å²) in [5.74, 6) is -4.71. The molecule has 1 N–H and O–H groups in total. The summed E-state index contributed by atoms with van der Waals surface area (Å²) in [5.41, 5.74) is -2.25. The Labute approximate surface area is 173 Å². The van der Waals surface area contributed by atoms with Gasteiger partial charge in [0, 0.05) is 24.7 Å². The van der Waals surface area contributed by atoms with Crippen LogP contribution in [0.15, 0.2) is 12.2 Å². The van der Waals surface area contributed by atoms with E-state index in [1.807, 2.05) is 6.08 Å². The largest absolute Gasteiger partial charge is 0.469 e. The predicted molar refractivity (Wildman–Crippen MR) is 108 cm³/mol. The topological polar surface area (TPSA) is 63.6 Å². The SMILES string of the molecule is CCCCCC(C)(O)CC[C@]12[C@@H](C/C=C\CCCC(=O)OC)C(=O)C[C@H]1C2(F)F. The van der Waals surface area contributed by atoms with Crippen LogP contribution in [0.4, 0.5) is 8.78 Å². The number of rotatable bonds is 13. The first kappa shape index (κ1) is 24.0.